The van der Waals surface area contributed by atoms with Crippen molar-refractivity contribution in [3.63, 3.8) is 0 Å². The van der Waals surface area contributed by atoms with E-state index in [9.17, 15) is 22.8 Å². The summed E-state index contributed by atoms with van der Waals surface area (Å²) in [5, 5.41) is 1.66. The molecule has 5 nitrogen and oxygen atoms in total. The van der Waals surface area contributed by atoms with Crippen molar-refractivity contribution >= 4 is 28.5 Å². The van der Waals surface area contributed by atoms with Crippen molar-refractivity contribution in [3.8, 4) is 0 Å². The number of halogens is 4. The van der Waals surface area contributed by atoms with Gasteiger partial charge in [0.1, 0.15) is 13.1 Å². The Morgan fingerprint density at radius 1 is 1.53 bits per heavy atom. The average Bonchev–Trinajstić information content (AvgIpc) is 2.21. The zero-order valence-electron chi connectivity index (χ0n) is 8.29. The van der Waals surface area contributed by atoms with E-state index in [1.165, 1.54) is 6.20 Å². The van der Waals surface area contributed by atoms with Crippen LogP contribution in [0.3, 0.4) is 0 Å². The number of nitrogens with zero attached hydrogens (tertiary/aromatic N) is 2. The summed E-state index contributed by atoms with van der Waals surface area (Å²) in [7, 11) is 0. The maximum atomic E-state index is 11.8. The van der Waals surface area contributed by atoms with Crippen molar-refractivity contribution in [2.45, 2.75) is 12.7 Å². The van der Waals surface area contributed by atoms with Crippen LogP contribution in [-0.2, 0) is 11.3 Å². The molecule has 0 saturated carbocycles. The summed E-state index contributed by atoms with van der Waals surface area (Å²) in [6.07, 6.45) is -2.07. The lowest BCUT2D eigenvalue weighted by Crippen LogP contribution is -2.38. The number of alkyl halides is 3. The van der Waals surface area contributed by atoms with Gasteiger partial charge in [0.15, 0.2) is 0 Å². The predicted octanol–water partition coefficient (Wildman–Crippen LogP) is 0.526. The van der Waals surface area contributed by atoms with Crippen molar-refractivity contribution in [1.29, 1.82) is 0 Å². The molecule has 0 aliphatic carbocycles. The molecule has 0 radical (unpaired) electrons. The molecule has 1 rings (SSSR count). The maximum absolute atomic E-state index is 11.8. The number of nitrogens with one attached hydrogen (secondary N) is 1. The van der Waals surface area contributed by atoms with E-state index in [2.05, 4.69) is 4.98 Å². The Morgan fingerprint density at radius 3 is 2.76 bits per heavy atom. The van der Waals surface area contributed by atoms with Gasteiger partial charge in [0.05, 0.1) is 9.90 Å². The number of hydrogen-bond donors (Lipinski definition) is 1. The normalized spacial score (nSPS) is 11.3. The summed E-state index contributed by atoms with van der Waals surface area (Å²) in [6.45, 7) is -1.91. The van der Waals surface area contributed by atoms with Crippen LogP contribution in [0, 0.1) is 3.57 Å². The quantitative estimate of drug-likeness (QED) is 0.799. The SMILES string of the molecule is O=C(Cn1cncc(I)c1=O)NCC(F)(F)F. The molecule has 0 spiro atoms. The predicted molar refractivity (Wildman–Crippen MR) is 60.3 cm³/mol. The highest BCUT2D eigenvalue weighted by Gasteiger charge is 2.27. The summed E-state index contributed by atoms with van der Waals surface area (Å²) in [6, 6.07) is 0. The fourth-order valence-corrected chi connectivity index (χ4v) is 1.42. The molecule has 17 heavy (non-hydrogen) atoms. The molecule has 0 aromatic carbocycles. The highest BCUT2D eigenvalue weighted by molar-refractivity contribution is 14.1. The van der Waals surface area contributed by atoms with Gasteiger partial charge in [-0.1, -0.05) is 0 Å². The molecule has 0 aliphatic heterocycles. The van der Waals surface area contributed by atoms with Gasteiger partial charge in [-0.15, -0.1) is 0 Å². The molecule has 0 bridgehead atoms. The lowest BCUT2D eigenvalue weighted by atomic mass is 10.5. The Balaban J connectivity index is 2.63. The lowest BCUT2D eigenvalue weighted by molar-refractivity contribution is -0.138. The van der Waals surface area contributed by atoms with Gasteiger partial charge in [0.25, 0.3) is 5.56 Å². The number of rotatable bonds is 3. The van der Waals surface area contributed by atoms with E-state index in [-0.39, 0.29) is 3.57 Å². The highest BCUT2D eigenvalue weighted by Crippen LogP contribution is 2.11. The van der Waals surface area contributed by atoms with Crippen molar-refractivity contribution in [2.75, 3.05) is 6.54 Å². The third-order valence-electron chi connectivity index (χ3n) is 1.66. The molecule has 9 heteroatoms. The van der Waals surface area contributed by atoms with Crippen LogP contribution in [0.1, 0.15) is 0 Å². The molecule has 1 amide bonds. The van der Waals surface area contributed by atoms with Crippen LogP contribution >= 0.6 is 22.6 Å². The molecule has 1 N–H and O–H groups in total. The van der Waals surface area contributed by atoms with Crippen molar-refractivity contribution in [3.05, 3.63) is 26.4 Å². The van der Waals surface area contributed by atoms with Crippen LogP contribution in [0.5, 0.6) is 0 Å². The summed E-state index contributed by atoms with van der Waals surface area (Å²) < 4.78 is 36.6. The Labute approximate surface area is 107 Å². The minimum absolute atomic E-state index is 0.286. The molecule has 0 fully saturated rings. The Kier molecular flexibility index (Phi) is 4.48. The molecule has 0 unspecified atom stereocenters. The Morgan fingerprint density at radius 2 is 2.18 bits per heavy atom. The minimum atomic E-state index is -4.47. The van der Waals surface area contributed by atoms with E-state index in [0.29, 0.717) is 0 Å². The van der Waals surface area contributed by atoms with Crippen LogP contribution in [0.25, 0.3) is 0 Å². The molecule has 1 heterocycles. The van der Waals surface area contributed by atoms with E-state index >= 15 is 0 Å². The molecule has 0 aliphatic rings. The van der Waals surface area contributed by atoms with E-state index < -0.39 is 30.7 Å². The van der Waals surface area contributed by atoms with Crippen molar-refractivity contribution in [1.82, 2.24) is 14.9 Å². The third kappa shape index (κ3) is 4.71. The van der Waals surface area contributed by atoms with Crippen LogP contribution in [0.15, 0.2) is 17.3 Å². The zero-order chi connectivity index (χ0) is 13.1. The molecule has 1 aromatic heterocycles. The van der Waals surface area contributed by atoms with Gasteiger partial charge in [0.2, 0.25) is 5.91 Å². The zero-order valence-corrected chi connectivity index (χ0v) is 10.4. The topological polar surface area (TPSA) is 64.0 Å². The highest BCUT2D eigenvalue weighted by atomic mass is 127. The number of carbonyl (C=O) groups excluding carboxylic acids is 1. The number of aromatic nitrogens is 2. The second-order valence-corrected chi connectivity index (χ2v) is 4.23. The second-order valence-electron chi connectivity index (χ2n) is 3.07. The van der Waals surface area contributed by atoms with Gasteiger partial charge in [-0.3, -0.25) is 14.2 Å². The summed E-state index contributed by atoms with van der Waals surface area (Å²) >= 11 is 1.72. The molecular formula is C8H7F3IN3O2. The Bertz CT molecular complexity index is 472. The Hall–Kier alpha value is -1.13. The first-order valence-corrected chi connectivity index (χ1v) is 5.41. The smallest absolute Gasteiger partial charge is 0.345 e. The summed E-state index contributed by atoms with van der Waals surface area (Å²) in [5.74, 6) is -0.895. The number of carbonyl (C=O) groups is 1. The van der Waals surface area contributed by atoms with E-state index in [0.717, 1.165) is 10.9 Å². The fourth-order valence-electron chi connectivity index (χ4n) is 0.946. The van der Waals surface area contributed by atoms with Crippen molar-refractivity contribution in [2.24, 2.45) is 0 Å². The van der Waals surface area contributed by atoms with Crippen LogP contribution in [-0.4, -0.2) is 28.2 Å². The van der Waals surface area contributed by atoms with Gasteiger partial charge in [-0.2, -0.15) is 13.2 Å². The first-order valence-electron chi connectivity index (χ1n) is 4.33. The van der Waals surface area contributed by atoms with Crippen LogP contribution < -0.4 is 10.9 Å². The molecule has 1 aromatic rings. The third-order valence-corrected chi connectivity index (χ3v) is 2.40. The molecule has 0 saturated heterocycles. The van der Waals surface area contributed by atoms with Crippen LogP contribution in [0.4, 0.5) is 13.2 Å². The molecular weight excluding hydrogens is 354 g/mol. The van der Waals surface area contributed by atoms with Crippen molar-refractivity contribution < 1.29 is 18.0 Å². The first kappa shape index (κ1) is 13.9. The van der Waals surface area contributed by atoms with E-state index in [1.54, 1.807) is 27.9 Å². The summed E-state index contributed by atoms with van der Waals surface area (Å²) in [4.78, 5) is 26.2. The van der Waals surface area contributed by atoms with E-state index in [1.807, 2.05) is 0 Å². The van der Waals surface area contributed by atoms with Gasteiger partial charge < -0.3 is 5.32 Å². The standard InChI is InChI=1S/C8H7F3IN3O2/c9-8(10,11)3-14-6(16)2-15-4-13-1-5(12)7(15)17/h1,4H,2-3H2,(H,14,16). The average molecular weight is 361 g/mol. The van der Waals surface area contributed by atoms with E-state index in [4.69, 9.17) is 0 Å². The van der Waals surface area contributed by atoms with Gasteiger partial charge in [-0.05, 0) is 22.6 Å². The minimum Gasteiger partial charge on any atom is -0.345 e. The first-order chi connectivity index (χ1) is 7.79. The monoisotopic (exact) mass is 361 g/mol. The molecule has 94 valence electrons. The second kappa shape index (κ2) is 5.47. The summed E-state index contributed by atoms with van der Waals surface area (Å²) in [5.41, 5.74) is -0.470. The molecule has 0 atom stereocenters. The maximum Gasteiger partial charge on any atom is 0.405 e. The van der Waals surface area contributed by atoms with Gasteiger partial charge in [0, 0.05) is 6.20 Å². The largest absolute Gasteiger partial charge is 0.405 e. The number of hydrogen-bond acceptors (Lipinski definition) is 3. The lowest BCUT2D eigenvalue weighted by Gasteiger charge is -2.09. The fraction of sp³-hybridized carbons (Fsp3) is 0.375. The van der Waals surface area contributed by atoms with Gasteiger partial charge in [-0.25, -0.2) is 4.98 Å². The van der Waals surface area contributed by atoms with Crippen LogP contribution in [0.2, 0.25) is 0 Å². The van der Waals surface area contributed by atoms with Gasteiger partial charge >= 0.3 is 6.18 Å². The number of amides is 1.